The Morgan fingerprint density at radius 2 is 2.14 bits per heavy atom. The van der Waals surface area contributed by atoms with E-state index in [-0.39, 0.29) is 5.69 Å². The fourth-order valence-electron chi connectivity index (χ4n) is 1.55. The van der Waals surface area contributed by atoms with Gasteiger partial charge in [0.15, 0.2) is 5.96 Å². The number of hydrogen-bond acceptors (Lipinski definition) is 3. The molecule has 0 fully saturated rings. The molecule has 114 valence electrons. The molecule has 1 aromatic carbocycles. The van der Waals surface area contributed by atoms with Crippen LogP contribution in [0.5, 0.6) is 0 Å². The van der Waals surface area contributed by atoms with E-state index in [4.69, 9.17) is 0 Å². The lowest BCUT2D eigenvalue weighted by molar-refractivity contribution is -0.384. The third-order valence-corrected chi connectivity index (χ3v) is 2.98. The van der Waals surface area contributed by atoms with Gasteiger partial charge >= 0.3 is 0 Å². The van der Waals surface area contributed by atoms with Crippen LogP contribution in [-0.4, -0.2) is 23.5 Å². The summed E-state index contributed by atoms with van der Waals surface area (Å²) in [7, 11) is 0. The van der Waals surface area contributed by atoms with Crippen LogP contribution >= 0.6 is 0 Å². The van der Waals surface area contributed by atoms with Gasteiger partial charge < -0.3 is 10.6 Å². The second kappa shape index (κ2) is 8.73. The maximum atomic E-state index is 10.6. The lowest BCUT2D eigenvalue weighted by atomic mass is 10.2. The van der Waals surface area contributed by atoms with Gasteiger partial charge in [-0.25, -0.2) is 4.99 Å². The summed E-state index contributed by atoms with van der Waals surface area (Å²) in [6.07, 6.45) is 2.76. The largest absolute Gasteiger partial charge is 0.354 e. The van der Waals surface area contributed by atoms with Gasteiger partial charge in [-0.05, 0) is 18.9 Å². The molecule has 0 aromatic heterocycles. The third kappa shape index (κ3) is 6.07. The molecule has 0 amide bonds. The molecule has 0 saturated carbocycles. The number of nitro benzene ring substituents is 1. The highest BCUT2D eigenvalue weighted by Crippen LogP contribution is 2.12. The minimum Gasteiger partial charge on any atom is -0.354 e. The van der Waals surface area contributed by atoms with Crippen molar-refractivity contribution in [2.75, 3.05) is 6.54 Å². The predicted octanol–water partition coefficient (Wildman–Crippen LogP) is 2.61. The Morgan fingerprint density at radius 3 is 2.67 bits per heavy atom. The van der Waals surface area contributed by atoms with Gasteiger partial charge in [-0.1, -0.05) is 25.1 Å². The predicted molar refractivity (Wildman–Crippen MR) is 85.3 cm³/mol. The van der Waals surface area contributed by atoms with E-state index < -0.39 is 4.92 Å². The van der Waals surface area contributed by atoms with Crippen LogP contribution in [-0.2, 0) is 6.54 Å². The van der Waals surface area contributed by atoms with Gasteiger partial charge in [0.05, 0.1) is 11.5 Å². The number of nitrogens with zero attached hydrogens (tertiary/aromatic N) is 2. The SMILES string of the molecule is C=CCNC(=NCc1ccc([N+](=O)[O-])cc1)NC(C)CC. The summed E-state index contributed by atoms with van der Waals surface area (Å²) in [5.41, 5.74) is 1.01. The Kier molecular flexibility index (Phi) is 6.94. The average molecular weight is 290 g/mol. The number of nitro groups is 1. The van der Waals surface area contributed by atoms with Crippen molar-refractivity contribution in [2.45, 2.75) is 32.9 Å². The number of nitrogens with one attached hydrogen (secondary N) is 2. The van der Waals surface area contributed by atoms with Crippen LogP contribution in [0.25, 0.3) is 0 Å². The van der Waals surface area contributed by atoms with Gasteiger partial charge in [0.25, 0.3) is 5.69 Å². The lowest BCUT2D eigenvalue weighted by Crippen LogP contribution is -2.42. The highest BCUT2D eigenvalue weighted by atomic mass is 16.6. The Balaban J connectivity index is 2.70. The summed E-state index contributed by atoms with van der Waals surface area (Å²) in [6.45, 7) is 8.93. The molecule has 0 radical (unpaired) electrons. The van der Waals surface area contributed by atoms with Crippen molar-refractivity contribution >= 4 is 11.6 Å². The van der Waals surface area contributed by atoms with E-state index in [2.05, 4.69) is 36.1 Å². The van der Waals surface area contributed by atoms with Gasteiger partial charge in [-0.2, -0.15) is 0 Å². The highest BCUT2D eigenvalue weighted by Gasteiger charge is 2.05. The first-order valence-electron chi connectivity index (χ1n) is 6.95. The van der Waals surface area contributed by atoms with E-state index in [0.717, 1.165) is 12.0 Å². The molecule has 1 atom stereocenters. The molecule has 0 aliphatic heterocycles. The van der Waals surface area contributed by atoms with E-state index in [0.29, 0.717) is 25.1 Å². The quantitative estimate of drug-likeness (QED) is 0.266. The van der Waals surface area contributed by atoms with Gasteiger partial charge in [-0.3, -0.25) is 10.1 Å². The Bertz CT molecular complexity index is 497. The van der Waals surface area contributed by atoms with Crippen molar-refractivity contribution in [3.63, 3.8) is 0 Å². The first-order chi connectivity index (χ1) is 10.1. The van der Waals surface area contributed by atoms with E-state index >= 15 is 0 Å². The molecular formula is C15H22N4O2. The standard InChI is InChI=1S/C15H22N4O2/c1-4-10-16-15(18-12(3)5-2)17-11-13-6-8-14(9-7-13)19(20)21/h4,6-9,12H,1,5,10-11H2,2-3H3,(H2,16,17,18). The minimum atomic E-state index is -0.408. The summed E-state index contributed by atoms with van der Waals surface area (Å²) in [4.78, 5) is 14.7. The van der Waals surface area contributed by atoms with Crippen molar-refractivity contribution in [1.29, 1.82) is 0 Å². The molecule has 2 N–H and O–H groups in total. The monoisotopic (exact) mass is 290 g/mol. The van der Waals surface area contributed by atoms with E-state index in [1.54, 1.807) is 18.2 Å². The number of guanidine groups is 1. The van der Waals surface area contributed by atoms with Gasteiger partial charge in [0.1, 0.15) is 0 Å². The summed E-state index contributed by atoms with van der Waals surface area (Å²) in [5, 5.41) is 17.0. The van der Waals surface area contributed by atoms with Crippen LogP contribution in [0.2, 0.25) is 0 Å². The molecule has 21 heavy (non-hydrogen) atoms. The molecule has 0 bridgehead atoms. The van der Waals surface area contributed by atoms with E-state index in [9.17, 15) is 10.1 Å². The van der Waals surface area contributed by atoms with Gasteiger partial charge in [0, 0.05) is 24.7 Å². The zero-order chi connectivity index (χ0) is 15.7. The van der Waals surface area contributed by atoms with Crippen molar-refractivity contribution in [2.24, 2.45) is 4.99 Å². The third-order valence-electron chi connectivity index (χ3n) is 2.98. The molecule has 6 heteroatoms. The van der Waals surface area contributed by atoms with Crippen LogP contribution in [0.1, 0.15) is 25.8 Å². The van der Waals surface area contributed by atoms with E-state index in [1.807, 2.05) is 0 Å². The maximum Gasteiger partial charge on any atom is 0.269 e. The topological polar surface area (TPSA) is 79.6 Å². The first kappa shape index (κ1) is 16.7. The zero-order valence-corrected chi connectivity index (χ0v) is 12.5. The Hall–Kier alpha value is -2.37. The molecule has 6 nitrogen and oxygen atoms in total. The molecule has 1 rings (SSSR count). The van der Waals surface area contributed by atoms with Crippen LogP contribution in [0.4, 0.5) is 5.69 Å². The normalized spacial score (nSPS) is 12.6. The number of benzene rings is 1. The summed E-state index contributed by atoms with van der Waals surface area (Å²) in [5.74, 6) is 0.711. The van der Waals surface area contributed by atoms with Crippen molar-refractivity contribution in [3.05, 3.63) is 52.6 Å². The molecule has 0 aliphatic carbocycles. The van der Waals surface area contributed by atoms with Crippen LogP contribution in [0.15, 0.2) is 41.9 Å². The fourth-order valence-corrected chi connectivity index (χ4v) is 1.55. The molecule has 1 aromatic rings. The van der Waals surface area contributed by atoms with Crippen molar-refractivity contribution in [3.8, 4) is 0 Å². The van der Waals surface area contributed by atoms with Gasteiger partial charge in [-0.15, -0.1) is 6.58 Å². The number of rotatable bonds is 7. The molecule has 1 unspecified atom stereocenters. The first-order valence-corrected chi connectivity index (χ1v) is 6.95. The summed E-state index contributed by atoms with van der Waals surface area (Å²) >= 11 is 0. The molecule has 0 heterocycles. The Labute approximate surface area is 125 Å². The molecular weight excluding hydrogens is 268 g/mol. The Morgan fingerprint density at radius 1 is 1.48 bits per heavy atom. The maximum absolute atomic E-state index is 10.6. The number of hydrogen-bond donors (Lipinski definition) is 2. The smallest absolute Gasteiger partial charge is 0.269 e. The van der Waals surface area contributed by atoms with Gasteiger partial charge in [0.2, 0.25) is 0 Å². The second-order valence-electron chi connectivity index (χ2n) is 4.71. The van der Waals surface area contributed by atoms with Crippen LogP contribution in [0, 0.1) is 10.1 Å². The van der Waals surface area contributed by atoms with Crippen LogP contribution in [0.3, 0.4) is 0 Å². The minimum absolute atomic E-state index is 0.0884. The number of non-ortho nitro benzene ring substituents is 1. The number of aliphatic imine (C=N–C) groups is 1. The summed E-state index contributed by atoms with van der Waals surface area (Å²) < 4.78 is 0. The summed E-state index contributed by atoms with van der Waals surface area (Å²) in [6, 6.07) is 6.73. The highest BCUT2D eigenvalue weighted by molar-refractivity contribution is 5.80. The van der Waals surface area contributed by atoms with E-state index in [1.165, 1.54) is 12.1 Å². The fraction of sp³-hybridized carbons (Fsp3) is 0.400. The van der Waals surface area contributed by atoms with Crippen molar-refractivity contribution in [1.82, 2.24) is 10.6 Å². The molecule has 0 spiro atoms. The molecule has 0 aliphatic rings. The lowest BCUT2D eigenvalue weighted by Gasteiger charge is -2.16. The molecule has 0 saturated heterocycles. The van der Waals surface area contributed by atoms with Crippen LogP contribution < -0.4 is 10.6 Å². The van der Waals surface area contributed by atoms with Crippen molar-refractivity contribution < 1.29 is 4.92 Å². The second-order valence-corrected chi connectivity index (χ2v) is 4.71. The average Bonchev–Trinajstić information content (AvgIpc) is 2.50. The zero-order valence-electron chi connectivity index (χ0n) is 12.5.